The molecule has 2 aromatic rings. The maximum Gasteiger partial charge on any atom is 0.0958 e. The normalized spacial score (nSPS) is 15.8. The zero-order valence-corrected chi connectivity index (χ0v) is 14.1. The molecule has 1 fully saturated rings. The minimum atomic E-state index is 0. The third-order valence-electron chi connectivity index (χ3n) is 3.63. The summed E-state index contributed by atoms with van der Waals surface area (Å²) in [4.78, 5) is 6.99. The molecule has 0 spiro atoms. The molecule has 5 heteroatoms. The Bertz CT molecular complexity index is 492. The van der Waals surface area contributed by atoms with E-state index in [9.17, 15) is 0 Å². The molecule has 1 aliphatic heterocycles. The van der Waals surface area contributed by atoms with Crippen LogP contribution in [0.1, 0.15) is 19.3 Å². The standard InChI is InChI=1S/C14H19N3.2BrH/c1-4-8-16(9-5-1)10-11-17-12-15-13-6-2-3-7-14(13)17;;/h2-3,6-7,12H,1,4-5,8-11H2;2*1H/p-2. The van der Waals surface area contributed by atoms with Crippen molar-refractivity contribution < 1.29 is 34.0 Å². The number of likely N-dealkylation sites (tertiary alicyclic amines) is 1. The number of hydrogen-bond donors (Lipinski definition) is 0. The van der Waals surface area contributed by atoms with Crippen LogP contribution in [0.25, 0.3) is 11.0 Å². The molecule has 0 radical (unpaired) electrons. The van der Waals surface area contributed by atoms with E-state index in [0.717, 1.165) is 18.6 Å². The third kappa shape index (κ3) is 4.04. The Hall–Kier alpha value is -0.390. The van der Waals surface area contributed by atoms with Gasteiger partial charge in [-0.15, -0.1) is 0 Å². The van der Waals surface area contributed by atoms with Crippen molar-refractivity contribution in [3.63, 3.8) is 0 Å². The van der Waals surface area contributed by atoms with Crippen molar-refractivity contribution in [2.45, 2.75) is 25.8 Å². The third-order valence-corrected chi connectivity index (χ3v) is 3.63. The lowest BCUT2D eigenvalue weighted by Gasteiger charge is -2.26. The smallest absolute Gasteiger partial charge is 0.0958 e. The van der Waals surface area contributed by atoms with Crippen LogP contribution in [0.2, 0.25) is 0 Å². The predicted octanol–water partition coefficient (Wildman–Crippen LogP) is -3.47. The average Bonchev–Trinajstić information content (AvgIpc) is 2.81. The Morgan fingerprint density at radius 1 is 0.947 bits per heavy atom. The van der Waals surface area contributed by atoms with Gasteiger partial charge in [-0.2, -0.15) is 0 Å². The summed E-state index contributed by atoms with van der Waals surface area (Å²) < 4.78 is 2.27. The van der Waals surface area contributed by atoms with E-state index in [1.54, 1.807) is 0 Å². The molecule has 3 rings (SSSR count). The van der Waals surface area contributed by atoms with Crippen LogP contribution in [-0.4, -0.2) is 34.1 Å². The number of fused-ring (bicyclic) bond motifs is 1. The van der Waals surface area contributed by atoms with E-state index in [1.807, 2.05) is 12.4 Å². The Morgan fingerprint density at radius 3 is 2.47 bits per heavy atom. The van der Waals surface area contributed by atoms with Gasteiger partial charge < -0.3 is 43.4 Å². The van der Waals surface area contributed by atoms with Crippen molar-refractivity contribution in [3.8, 4) is 0 Å². The summed E-state index contributed by atoms with van der Waals surface area (Å²) in [6.45, 7) is 4.75. The Labute approximate surface area is 135 Å². The molecule has 1 aliphatic rings. The molecule has 0 bridgehead atoms. The van der Waals surface area contributed by atoms with E-state index in [2.05, 4.69) is 32.7 Å². The highest BCUT2D eigenvalue weighted by atomic mass is 79.9. The Kier molecular flexibility index (Phi) is 7.04. The average molecular weight is 389 g/mol. The fourth-order valence-corrected chi connectivity index (χ4v) is 2.62. The second-order valence-corrected chi connectivity index (χ2v) is 4.83. The second kappa shape index (κ2) is 8.02. The van der Waals surface area contributed by atoms with E-state index in [0.29, 0.717) is 0 Å². The van der Waals surface area contributed by atoms with Gasteiger partial charge in [-0.25, -0.2) is 4.98 Å². The van der Waals surface area contributed by atoms with Crippen LogP contribution in [-0.2, 0) is 6.54 Å². The zero-order chi connectivity index (χ0) is 11.5. The molecule has 0 N–H and O–H groups in total. The Balaban J connectivity index is 0.000000902. The van der Waals surface area contributed by atoms with Crippen LogP contribution in [0.5, 0.6) is 0 Å². The van der Waals surface area contributed by atoms with E-state index >= 15 is 0 Å². The van der Waals surface area contributed by atoms with E-state index in [1.165, 1.54) is 37.9 Å². The quantitative estimate of drug-likeness (QED) is 0.545. The molecule has 0 aliphatic carbocycles. The second-order valence-electron chi connectivity index (χ2n) is 4.83. The fraction of sp³-hybridized carbons (Fsp3) is 0.500. The molecule has 1 saturated heterocycles. The number of nitrogens with zero attached hydrogens (tertiary/aromatic N) is 3. The van der Waals surface area contributed by atoms with Crippen LogP contribution in [0.3, 0.4) is 0 Å². The molecule has 3 nitrogen and oxygen atoms in total. The van der Waals surface area contributed by atoms with Crippen molar-refractivity contribution >= 4 is 11.0 Å². The number of para-hydroxylation sites is 2. The van der Waals surface area contributed by atoms with Crippen molar-refractivity contribution in [2.75, 3.05) is 19.6 Å². The molecule has 2 heterocycles. The lowest BCUT2D eigenvalue weighted by Crippen LogP contribution is -3.00. The topological polar surface area (TPSA) is 21.1 Å². The molecular weight excluding hydrogens is 370 g/mol. The molecule has 0 unspecified atom stereocenters. The lowest BCUT2D eigenvalue weighted by molar-refractivity contribution is -0.00100. The minimum absolute atomic E-state index is 0. The number of benzene rings is 1. The number of imidazole rings is 1. The van der Waals surface area contributed by atoms with Crippen molar-refractivity contribution in [3.05, 3.63) is 30.6 Å². The molecule has 0 atom stereocenters. The first-order valence-corrected chi connectivity index (χ1v) is 6.56. The molecule has 0 amide bonds. The van der Waals surface area contributed by atoms with Crippen LogP contribution in [0.4, 0.5) is 0 Å². The number of halogens is 2. The van der Waals surface area contributed by atoms with Crippen molar-refractivity contribution in [1.29, 1.82) is 0 Å². The summed E-state index contributed by atoms with van der Waals surface area (Å²) in [6, 6.07) is 8.36. The first-order valence-electron chi connectivity index (χ1n) is 6.56. The van der Waals surface area contributed by atoms with Gasteiger partial charge in [0.15, 0.2) is 0 Å². The number of piperidine rings is 1. The largest absolute Gasteiger partial charge is 1.00 e. The zero-order valence-electron chi connectivity index (χ0n) is 10.9. The monoisotopic (exact) mass is 387 g/mol. The Morgan fingerprint density at radius 2 is 1.68 bits per heavy atom. The molecule has 1 aromatic carbocycles. The van der Waals surface area contributed by atoms with Crippen molar-refractivity contribution in [2.24, 2.45) is 0 Å². The van der Waals surface area contributed by atoms with Crippen LogP contribution < -0.4 is 34.0 Å². The van der Waals surface area contributed by atoms with Crippen molar-refractivity contribution in [1.82, 2.24) is 14.5 Å². The molecule has 106 valence electrons. The maximum absolute atomic E-state index is 4.43. The summed E-state index contributed by atoms with van der Waals surface area (Å²) in [7, 11) is 0. The van der Waals surface area contributed by atoms with Crippen LogP contribution in [0.15, 0.2) is 30.6 Å². The summed E-state index contributed by atoms with van der Waals surface area (Å²) in [5, 5.41) is 0. The van der Waals surface area contributed by atoms with Gasteiger partial charge in [-0.1, -0.05) is 18.6 Å². The highest BCUT2D eigenvalue weighted by Gasteiger charge is 2.10. The molecule has 0 saturated carbocycles. The maximum atomic E-state index is 4.43. The lowest BCUT2D eigenvalue weighted by atomic mass is 10.1. The first kappa shape index (κ1) is 16.7. The number of aromatic nitrogens is 2. The SMILES string of the molecule is [Br-].[Br-].c1ccc2c(c1)ncn2CCN1CCCCC1. The van der Waals surface area contributed by atoms with E-state index < -0.39 is 0 Å². The number of rotatable bonds is 3. The summed E-state index contributed by atoms with van der Waals surface area (Å²) in [5.41, 5.74) is 2.36. The van der Waals surface area contributed by atoms with Gasteiger partial charge in [0.2, 0.25) is 0 Å². The van der Waals surface area contributed by atoms with Gasteiger partial charge in [0.1, 0.15) is 0 Å². The first-order chi connectivity index (χ1) is 8.43. The molecule has 19 heavy (non-hydrogen) atoms. The summed E-state index contributed by atoms with van der Waals surface area (Å²) >= 11 is 0. The molecular formula is C14H19Br2N3-2. The summed E-state index contributed by atoms with van der Waals surface area (Å²) in [6.07, 6.45) is 6.11. The molecule has 1 aromatic heterocycles. The van der Waals surface area contributed by atoms with E-state index in [-0.39, 0.29) is 34.0 Å². The highest BCUT2D eigenvalue weighted by Crippen LogP contribution is 2.13. The van der Waals surface area contributed by atoms with Crippen LogP contribution >= 0.6 is 0 Å². The van der Waals surface area contributed by atoms with Gasteiger partial charge in [0.05, 0.1) is 17.4 Å². The summed E-state index contributed by atoms with van der Waals surface area (Å²) in [5.74, 6) is 0. The van der Waals surface area contributed by atoms with E-state index in [4.69, 9.17) is 0 Å². The fourth-order valence-electron chi connectivity index (χ4n) is 2.62. The predicted molar refractivity (Wildman–Crippen MR) is 70.0 cm³/mol. The van der Waals surface area contributed by atoms with Gasteiger partial charge in [-0.05, 0) is 38.1 Å². The number of hydrogen-bond acceptors (Lipinski definition) is 2. The minimum Gasteiger partial charge on any atom is -1.00 e. The van der Waals surface area contributed by atoms with Gasteiger partial charge in [-0.3, -0.25) is 0 Å². The highest BCUT2D eigenvalue weighted by molar-refractivity contribution is 5.74. The van der Waals surface area contributed by atoms with Gasteiger partial charge >= 0.3 is 0 Å². The van der Waals surface area contributed by atoms with Gasteiger partial charge in [0.25, 0.3) is 0 Å². The van der Waals surface area contributed by atoms with Crippen LogP contribution in [0, 0.1) is 0 Å². The van der Waals surface area contributed by atoms with Gasteiger partial charge in [0, 0.05) is 13.1 Å².